The SMILES string of the molecule is Cc1cc(C(=O)CSC2CCCc3ccccc32)c(C)[nH]1. The van der Waals surface area contributed by atoms with Crippen molar-refractivity contribution in [1.29, 1.82) is 0 Å². The van der Waals surface area contributed by atoms with Crippen LogP contribution in [-0.2, 0) is 6.42 Å². The number of H-pyrrole nitrogens is 1. The first-order chi connectivity index (χ1) is 10.1. The molecule has 110 valence electrons. The van der Waals surface area contributed by atoms with Crippen molar-refractivity contribution in [1.82, 2.24) is 4.98 Å². The molecule has 1 aromatic heterocycles. The van der Waals surface area contributed by atoms with E-state index in [2.05, 4.69) is 29.2 Å². The first-order valence-corrected chi connectivity index (χ1v) is 8.59. The molecule has 0 fully saturated rings. The van der Waals surface area contributed by atoms with E-state index in [1.165, 1.54) is 30.4 Å². The van der Waals surface area contributed by atoms with Gasteiger partial charge in [0.2, 0.25) is 0 Å². The van der Waals surface area contributed by atoms with Crippen molar-refractivity contribution in [3.63, 3.8) is 0 Å². The summed E-state index contributed by atoms with van der Waals surface area (Å²) in [4.78, 5) is 15.6. The zero-order valence-corrected chi connectivity index (χ0v) is 13.4. The van der Waals surface area contributed by atoms with Crippen LogP contribution in [0.2, 0.25) is 0 Å². The van der Waals surface area contributed by atoms with Crippen LogP contribution in [0.4, 0.5) is 0 Å². The van der Waals surface area contributed by atoms with Crippen LogP contribution in [0.5, 0.6) is 0 Å². The Labute approximate surface area is 130 Å². The van der Waals surface area contributed by atoms with E-state index in [-0.39, 0.29) is 5.78 Å². The second-order valence-corrected chi connectivity index (χ2v) is 7.00. The minimum atomic E-state index is 0.241. The molecule has 21 heavy (non-hydrogen) atoms. The minimum Gasteiger partial charge on any atom is -0.362 e. The quantitative estimate of drug-likeness (QED) is 0.835. The number of aromatic nitrogens is 1. The predicted molar refractivity (Wildman–Crippen MR) is 89.2 cm³/mol. The van der Waals surface area contributed by atoms with Crippen LogP contribution >= 0.6 is 11.8 Å². The highest BCUT2D eigenvalue weighted by molar-refractivity contribution is 8.00. The van der Waals surface area contributed by atoms with E-state index in [9.17, 15) is 4.79 Å². The Balaban J connectivity index is 1.69. The lowest BCUT2D eigenvalue weighted by molar-refractivity contribution is 0.102. The van der Waals surface area contributed by atoms with Crippen molar-refractivity contribution >= 4 is 17.5 Å². The number of aryl methyl sites for hydroxylation is 3. The second kappa shape index (κ2) is 6.10. The summed E-state index contributed by atoms with van der Waals surface area (Å²) in [6.07, 6.45) is 3.59. The van der Waals surface area contributed by atoms with Gasteiger partial charge in [0, 0.05) is 22.2 Å². The first kappa shape index (κ1) is 14.5. The molecule has 1 aliphatic carbocycles. The third kappa shape index (κ3) is 3.08. The summed E-state index contributed by atoms with van der Waals surface area (Å²) in [5.74, 6) is 0.807. The summed E-state index contributed by atoms with van der Waals surface area (Å²) < 4.78 is 0. The van der Waals surface area contributed by atoms with Crippen LogP contribution in [0.3, 0.4) is 0 Å². The number of hydrogen-bond acceptors (Lipinski definition) is 2. The number of rotatable bonds is 4. The van der Waals surface area contributed by atoms with Gasteiger partial charge in [0.1, 0.15) is 0 Å². The van der Waals surface area contributed by atoms with Crippen LogP contribution < -0.4 is 0 Å². The van der Waals surface area contributed by atoms with Gasteiger partial charge < -0.3 is 4.98 Å². The Hall–Kier alpha value is -1.48. The number of carbonyl (C=O) groups excluding carboxylic acids is 1. The van der Waals surface area contributed by atoms with Gasteiger partial charge in [0.25, 0.3) is 0 Å². The largest absolute Gasteiger partial charge is 0.362 e. The Bertz CT molecular complexity index is 659. The second-order valence-electron chi connectivity index (χ2n) is 5.80. The van der Waals surface area contributed by atoms with Crippen molar-refractivity contribution in [3.8, 4) is 0 Å². The topological polar surface area (TPSA) is 32.9 Å². The number of hydrogen-bond donors (Lipinski definition) is 1. The molecule has 3 heteroatoms. The van der Waals surface area contributed by atoms with Gasteiger partial charge in [-0.3, -0.25) is 4.79 Å². The molecule has 1 atom stereocenters. The third-order valence-corrected chi connectivity index (χ3v) is 5.50. The third-order valence-electron chi connectivity index (χ3n) is 4.18. The molecule has 0 spiro atoms. The summed E-state index contributed by atoms with van der Waals surface area (Å²) >= 11 is 1.80. The number of Topliss-reactive ketones (excluding diaryl/α,β-unsaturated/α-hetero) is 1. The highest BCUT2D eigenvalue weighted by atomic mass is 32.2. The van der Waals surface area contributed by atoms with Gasteiger partial charge in [-0.05, 0) is 50.3 Å². The molecule has 2 aromatic rings. The van der Waals surface area contributed by atoms with Gasteiger partial charge in [-0.1, -0.05) is 24.3 Å². The molecule has 1 aromatic carbocycles. The predicted octanol–water partition coefficient (Wildman–Crippen LogP) is 4.63. The molecule has 1 heterocycles. The highest BCUT2D eigenvalue weighted by Gasteiger charge is 2.21. The molecule has 1 N–H and O–H groups in total. The first-order valence-electron chi connectivity index (χ1n) is 7.54. The number of ketones is 1. The van der Waals surface area contributed by atoms with Crippen LogP contribution in [0, 0.1) is 13.8 Å². The lowest BCUT2D eigenvalue weighted by atomic mass is 9.91. The van der Waals surface area contributed by atoms with Crippen LogP contribution in [-0.4, -0.2) is 16.5 Å². The molecule has 3 rings (SSSR count). The number of carbonyl (C=O) groups is 1. The lowest BCUT2D eigenvalue weighted by Gasteiger charge is -2.24. The number of fused-ring (bicyclic) bond motifs is 1. The summed E-state index contributed by atoms with van der Waals surface area (Å²) in [5, 5.41) is 0.472. The monoisotopic (exact) mass is 299 g/mol. The molecule has 0 aliphatic heterocycles. The van der Waals surface area contributed by atoms with E-state index in [1.807, 2.05) is 19.9 Å². The van der Waals surface area contributed by atoms with Gasteiger partial charge in [-0.15, -0.1) is 11.8 Å². The standard InChI is InChI=1S/C18H21NOS/c1-12-10-16(13(2)19-12)17(20)11-21-18-9-5-7-14-6-3-4-8-15(14)18/h3-4,6,8,10,18-19H,5,7,9,11H2,1-2H3. The number of nitrogens with one attached hydrogen (secondary N) is 1. The normalized spacial score (nSPS) is 17.5. The van der Waals surface area contributed by atoms with Crippen molar-refractivity contribution in [2.24, 2.45) is 0 Å². The fourth-order valence-corrected chi connectivity index (χ4v) is 4.40. The van der Waals surface area contributed by atoms with Gasteiger partial charge in [0.05, 0.1) is 5.75 Å². The number of benzene rings is 1. The maximum atomic E-state index is 12.4. The van der Waals surface area contributed by atoms with Gasteiger partial charge in [-0.25, -0.2) is 0 Å². The summed E-state index contributed by atoms with van der Waals surface area (Å²) in [7, 11) is 0. The molecule has 0 bridgehead atoms. The average Bonchev–Trinajstić information content (AvgIpc) is 2.83. The van der Waals surface area contributed by atoms with Crippen molar-refractivity contribution < 1.29 is 4.79 Å². The number of thioether (sulfide) groups is 1. The van der Waals surface area contributed by atoms with E-state index in [0.717, 1.165) is 17.0 Å². The summed E-state index contributed by atoms with van der Waals surface area (Å²) in [6.45, 7) is 3.97. The zero-order valence-electron chi connectivity index (χ0n) is 12.6. The van der Waals surface area contributed by atoms with E-state index < -0.39 is 0 Å². The maximum Gasteiger partial charge on any atom is 0.174 e. The fraction of sp³-hybridized carbons (Fsp3) is 0.389. The molecular weight excluding hydrogens is 278 g/mol. The van der Waals surface area contributed by atoms with E-state index >= 15 is 0 Å². The fourth-order valence-electron chi connectivity index (χ4n) is 3.15. The van der Waals surface area contributed by atoms with Crippen LogP contribution in [0.25, 0.3) is 0 Å². The molecule has 1 aliphatic rings. The van der Waals surface area contributed by atoms with Crippen LogP contribution in [0.15, 0.2) is 30.3 Å². The number of aromatic amines is 1. The van der Waals surface area contributed by atoms with Crippen molar-refractivity contribution in [2.75, 3.05) is 5.75 Å². The Morgan fingerprint density at radius 3 is 2.90 bits per heavy atom. The van der Waals surface area contributed by atoms with E-state index in [4.69, 9.17) is 0 Å². The Morgan fingerprint density at radius 2 is 2.14 bits per heavy atom. The molecule has 0 saturated carbocycles. The highest BCUT2D eigenvalue weighted by Crippen LogP contribution is 2.39. The van der Waals surface area contributed by atoms with Gasteiger partial charge in [-0.2, -0.15) is 0 Å². The summed E-state index contributed by atoms with van der Waals surface area (Å²) in [5.41, 5.74) is 5.79. The minimum absolute atomic E-state index is 0.241. The van der Waals surface area contributed by atoms with E-state index in [1.54, 1.807) is 11.8 Å². The van der Waals surface area contributed by atoms with Crippen molar-refractivity contribution in [3.05, 3.63) is 58.4 Å². The molecule has 2 nitrogen and oxygen atoms in total. The molecule has 1 unspecified atom stereocenters. The average molecular weight is 299 g/mol. The van der Waals surface area contributed by atoms with E-state index in [0.29, 0.717) is 11.0 Å². The Kier molecular flexibility index (Phi) is 4.20. The zero-order chi connectivity index (χ0) is 14.8. The van der Waals surface area contributed by atoms with Crippen molar-refractivity contribution in [2.45, 2.75) is 38.4 Å². The Morgan fingerprint density at radius 1 is 1.33 bits per heavy atom. The van der Waals surface area contributed by atoms with Gasteiger partial charge >= 0.3 is 0 Å². The van der Waals surface area contributed by atoms with Gasteiger partial charge in [0.15, 0.2) is 5.78 Å². The molecular formula is C18H21NOS. The lowest BCUT2D eigenvalue weighted by Crippen LogP contribution is -2.10. The molecule has 0 saturated heterocycles. The molecule has 0 radical (unpaired) electrons. The summed E-state index contributed by atoms with van der Waals surface area (Å²) in [6, 6.07) is 10.6. The maximum absolute atomic E-state index is 12.4. The molecule has 0 amide bonds. The van der Waals surface area contributed by atoms with Crippen LogP contribution in [0.1, 0.15) is 51.0 Å². The smallest absolute Gasteiger partial charge is 0.174 e.